The molecule has 0 saturated heterocycles. The summed E-state index contributed by atoms with van der Waals surface area (Å²) in [6.45, 7) is 5.76. The van der Waals surface area contributed by atoms with Crippen molar-refractivity contribution in [1.82, 2.24) is 0 Å². The molecular formula is C14H18O3. The van der Waals surface area contributed by atoms with Crippen molar-refractivity contribution in [2.45, 2.75) is 27.2 Å². The lowest BCUT2D eigenvalue weighted by Gasteiger charge is -2.03. The van der Waals surface area contributed by atoms with Gasteiger partial charge in [-0.2, -0.15) is 0 Å². The second-order valence-corrected chi connectivity index (χ2v) is 3.82. The van der Waals surface area contributed by atoms with Crippen molar-refractivity contribution in [3.05, 3.63) is 45.5 Å². The molecule has 0 aliphatic heterocycles. The van der Waals surface area contributed by atoms with E-state index in [1.165, 1.54) is 7.11 Å². The Kier molecular flexibility index (Phi) is 4.76. The van der Waals surface area contributed by atoms with E-state index in [0.29, 0.717) is 17.1 Å². The first-order chi connectivity index (χ1) is 8.08. The molecule has 0 unspecified atom stereocenters. The van der Waals surface area contributed by atoms with Crippen molar-refractivity contribution in [3.63, 3.8) is 0 Å². The Morgan fingerprint density at radius 3 is 2.82 bits per heavy atom. The summed E-state index contributed by atoms with van der Waals surface area (Å²) in [6, 6.07) is 1.71. The lowest BCUT2D eigenvalue weighted by molar-refractivity contribution is 0.395. The Labute approximate surface area is 101 Å². The highest BCUT2D eigenvalue weighted by Gasteiger charge is 2.05. The van der Waals surface area contributed by atoms with Gasteiger partial charge in [0.15, 0.2) is 0 Å². The normalized spacial score (nSPS) is 12.1. The molecule has 17 heavy (non-hydrogen) atoms. The molecule has 0 fully saturated rings. The van der Waals surface area contributed by atoms with E-state index in [1.807, 2.05) is 13.0 Å². The SMILES string of the molecule is CCC=C(C)C=Cc1cc(OC)c(C)c(=O)o1. The van der Waals surface area contributed by atoms with Crippen LogP contribution in [0.5, 0.6) is 5.75 Å². The lowest BCUT2D eigenvalue weighted by Crippen LogP contribution is -2.05. The van der Waals surface area contributed by atoms with E-state index in [-0.39, 0.29) is 5.63 Å². The molecule has 1 aromatic heterocycles. The van der Waals surface area contributed by atoms with Crippen molar-refractivity contribution in [2.75, 3.05) is 7.11 Å². The van der Waals surface area contributed by atoms with Crippen LogP contribution in [-0.2, 0) is 0 Å². The monoisotopic (exact) mass is 234 g/mol. The first-order valence-electron chi connectivity index (χ1n) is 5.62. The van der Waals surface area contributed by atoms with Crippen LogP contribution in [0.25, 0.3) is 6.08 Å². The molecule has 0 radical (unpaired) electrons. The number of allylic oxidation sites excluding steroid dienone is 3. The summed E-state index contributed by atoms with van der Waals surface area (Å²) in [7, 11) is 1.54. The van der Waals surface area contributed by atoms with Gasteiger partial charge in [0, 0.05) is 6.07 Å². The van der Waals surface area contributed by atoms with Gasteiger partial charge in [0.05, 0.1) is 12.7 Å². The Hall–Kier alpha value is -1.77. The van der Waals surface area contributed by atoms with Crippen molar-refractivity contribution in [3.8, 4) is 5.75 Å². The van der Waals surface area contributed by atoms with E-state index in [1.54, 1.807) is 19.1 Å². The molecule has 1 rings (SSSR count). The van der Waals surface area contributed by atoms with Gasteiger partial charge >= 0.3 is 5.63 Å². The Balaban J connectivity index is 3.05. The van der Waals surface area contributed by atoms with Crippen LogP contribution in [0, 0.1) is 6.92 Å². The molecule has 0 aliphatic rings. The van der Waals surface area contributed by atoms with Crippen molar-refractivity contribution in [1.29, 1.82) is 0 Å². The summed E-state index contributed by atoms with van der Waals surface area (Å²) in [5.74, 6) is 1.05. The fraction of sp³-hybridized carbons (Fsp3) is 0.357. The van der Waals surface area contributed by atoms with Gasteiger partial charge in [0.1, 0.15) is 11.5 Å². The Morgan fingerprint density at radius 1 is 1.53 bits per heavy atom. The van der Waals surface area contributed by atoms with Crippen LogP contribution in [0.3, 0.4) is 0 Å². The van der Waals surface area contributed by atoms with Gasteiger partial charge in [0.2, 0.25) is 0 Å². The van der Waals surface area contributed by atoms with Crippen LogP contribution in [0.2, 0.25) is 0 Å². The summed E-state index contributed by atoms with van der Waals surface area (Å²) < 4.78 is 10.2. The van der Waals surface area contributed by atoms with E-state index in [4.69, 9.17) is 9.15 Å². The van der Waals surface area contributed by atoms with E-state index in [9.17, 15) is 4.79 Å². The van der Waals surface area contributed by atoms with Gasteiger partial charge in [-0.25, -0.2) is 4.79 Å². The summed E-state index contributed by atoms with van der Waals surface area (Å²) >= 11 is 0. The van der Waals surface area contributed by atoms with Crippen molar-refractivity contribution in [2.24, 2.45) is 0 Å². The van der Waals surface area contributed by atoms with Gasteiger partial charge in [0.25, 0.3) is 0 Å². The van der Waals surface area contributed by atoms with Crippen LogP contribution in [0.15, 0.2) is 33.0 Å². The summed E-state index contributed by atoms with van der Waals surface area (Å²) in [5, 5.41) is 0. The Bertz CT molecular complexity index is 493. The molecule has 1 heterocycles. The Morgan fingerprint density at radius 2 is 2.24 bits per heavy atom. The van der Waals surface area contributed by atoms with E-state index < -0.39 is 0 Å². The first-order valence-corrected chi connectivity index (χ1v) is 5.62. The van der Waals surface area contributed by atoms with E-state index in [2.05, 4.69) is 13.0 Å². The largest absolute Gasteiger partial charge is 0.496 e. The smallest absolute Gasteiger partial charge is 0.342 e. The summed E-state index contributed by atoms with van der Waals surface area (Å²) in [6.07, 6.45) is 6.76. The maximum atomic E-state index is 11.5. The predicted octanol–water partition coefficient (Wildman–Crippen LogP) is 3.33. The van der Waals surface area contributed by atoms with E-state index in [0.717, 1.165) is 12.0 Å². The minimum atomic E-state index is -0.360. The average molecular weight is 234 g/mol. The minimum Gasteiger partial charge on any atom is -0.496 e. The first kappa shape index (κ1) is 13.3. The number of methoxy groups -OCH3 is 1. The lowest BCUT2D eigenvalue weighted by atomic mass is 10.2. The van der Waals surface area contributed by atoms with Gasteiger partial charge in [-0.15, -0.1) is 0 Å². The quantitative estimate of drug-likeness (QED) is 0.750. The number of ether oxygens (including phenoxy) is 1. The molecule has 0 spiro atoms. The van der Waals surface area contributed by atoms with Crippen LogP contribution in [0.1, 0.15) is 31.6 Å². The van der Waals surface area contributed by atoms with Crippen molar-refractivity contribution >= 4 is 6.08 Å². The number of rotatable bonds is 4. The molecule has 0 N–H and O–H groups in total. The highest BCUT2D eigenvalue weighted by molar-refractivity contribution is 5.50. The van der Waals surface area contributed by atoms with Crippen LogP contribution < -0.4 is 10.4 Å². The summed E-state index contributed by atoms with van der Waals surface area (Å²) in [4.78, 5) is 11.5. The molecule has 0 amide bonds. The molecule has 0 saturated carbocycles. The second-order valence-electron chi connectivity index (χ2n) is 3.82. The third-order valence-corrected chi connectivity index (χ3v) is 2.42. The highest BCUT2D eigenvalue weighted by Crippen LogP contribution is 2.16. The van der Waals surface area contributed by atoms with Gasteiger partial charge < -0.3 is 9.15 Å². The maximum Gasteiger partial charge on any atom is 0.342 e. The second kappa shape index (κ2) is 6.09. The number of hydrogen-bond acceptors (Lipinski definition) is 3. The standard InChI is InChI=1S/C14H18O3/c1-5-6-10(2)7-8-12-9-13(16-4)11(3)14(15)17-12/h6-9H,5H2,1-4H3. The highest BCUT2D eigenvalue weighted by atomic mass is 16.5. The van der Waals surface area contributed by atoms with Crippen LogP contribution in [-0.4, -0.2) is 7.11 Å². The molecule has 1 aromatic rings. The van der Waals surface area contributed by atoms with Gasteiger partial charge in [-0.3, -0.25) is 0 Å². The van der Waals surface area contributed by atoms with Crippen LogP contribution >= 0.6 is 0 Å². The molecule has 3 nitrogen and oxygen atoms in total. The molecule has 0 aliphatic carbocycles. The summed E-state index contributed by atoms with van der Waals surface area (Å²) in [5.41, 5.74) is 1.27. The zero-order valence-electron chi connectivity index (χ0n) is 10.7. The topological polar surface area (TPSA) is 39.4 Å². The minimum absolute atomic E-state index is 0.360. The van der Waals surface area contributed by atoms with E-state index >= 15 is 0 Å². The molecular weight excluding hydrogens is 216 g/mol. The molecule has 0 aromatic carbocycles. The molecule has 0 atom stereocenters. The fourth-order valence-corrected chi connectivity index (χ4v) is 1.45. The van der Waals surface area contributed by atoms with Gasteiger partial charge in [-0.05, 0) is 26.3 Å². The van der Waals surface area contributed by atoms with Gasteiger partial charge in [-0.1, -0.05) is 24.6 Å². The zero-order chi connectivity index (χ0) is 12.8. The third-order valence-electron chi connectivity index (χ3n) is 2.42. The maximum absolute atomic E-state index is 11.5. The molecule has 3 heteroatoms. The number of hydrogen-bond donors (Lipinski definition) is 0. The molecule has 92 valence electrons. The predicted molar refractivity (Wildman–Crippen MR) is 69.3 cm³/mol. The zero-order valence-corrected chi connectivity index (χ0v) is 10.7. The fourth-order valence-electron chi connectivity index (χ4n) is 1.45. The molecule has 0 bridgehead atoms. The van der Waals surface area contributed by atoms with Crippen molar-refractivity contribution < 1.29 is 9.15 Å². The van der Waals surface area contributed by atoms with Crippen LogP contribution in [0.4, 0.5) is 0 Å². The third kappa shape index (κ3) is 3.63. The average Bonchev–Trinajstić information content (AvgIpc) is 2.31.